The van der Waals surface area contributed by atoms with Crippen molar-refractivity contribution >= 4 is 39.4 Å². The molecule has 1 amide bonds. The Morgan fingerprint density at radius 3 is 2.59 bits per heavy atom. The number of para-hydroxylation sites is 1. The fraction of sp³-hybridized carbons (Fsp3) is 0.273. The average molecular weight is 271 g/mol. The Morgan fingerprint density at radius 2 is 2.06 bits per heavy atom. The van der Waals surface area contributed by atoms with Crippen molar-refractivity contribution in [3.05, 3.63) is 29.3 Å². The van der Waals surface area contributed by atoms with Gasteiger partial charge in [0.2, 0.25) is 0 Å². The van der Waals surface area contributed by atoms with Gasteiger partial charge in [-0.3, -0.25) is 9.59 Å². The second-order valence-electron chi connectivity index (χ2n) is 3.38. The van der Waals surface area contributed by atoms with E-state index in [-0.39, 0.29) is 11.7 Å². The third-order valence-electron chi connectivity index (χ3n) is 2.27. The molecule has 0 atom stereocenters. The Hall–Kier alpha value is -1.14. The second-order valence-corrected chi connectivity index (χ2v) is 4.48. The van der Waals surface area contributed by atoms with Crippen molar-refractivity contribution in [2.45, 2.75) is 19.8 Å². The number of thiol groups is 1. The van der Waals surface area contributed by atoms with Gasteiger partial charge in [-0.2, -0.15) is 0 Å². The summed E-state index contributed by atoms with van der Waals surface area (Å²) in [6, 6.07) is 5.36. The van der Waals surface area contributed by atoms with Gasteiger partial charge in [-0.1, -0.05) is 25.1 Å². The predicted octanol–water partition coefficient (Wildman–Crippen LogP) is 2.99. The van der Waals surface area contributed by atoms with Gasteiger partial charge in [-0.15, -0.1) is 11.7 Å². The number of hydrogen-bond donors (Lipinski definition) is 3. The molecule has 0 bridgehead atoms. The van der Waals surface area contributed by atoms with Gasteiger partial charge in [0.25, 0.3) is 5.24 Å². The predicted molar refractivity (Wildman–Crippen MR) is 72.8 cm³/mol. The van der Waals surface area contributed by atoms with Crippen molar-refractivity contribution in [2.24, 2.45) is 0 Å². The lowest BCUT2D eigenvalue weighted by Crippen LogP contribution is -2.11. The number of anilines is 1. The van der Waals surface area contributed by atoms with Crippen LogP contribution in [0.4, 0.5) is 10.5 Å². The van der Waals surface area contributed by atoms with Crippen molar-refractivity contribution in [3.63, 3.8) is 0 Å². The van der Waals surface area contributed by atoms with Crippen LogP contribution in [0.2, 0.25) is 0 Å². The normalized spacial score (nSPS) is 10.0. The molecule has 0 aromatic heterocycles. The van der Waals surface area contributed by atoms with Gasteiger partial charge in [-0.05, 0) is 17.5 Å². The summed E-state index contributed by atoms with van der Waals surface area (Å²) in [7, 11) is 0.763. The summed E-state index contributed by atoms with van der Waals surface area (Å²) in [5.41, 5.74) is 2.11. The molecular weight excluding hydrogens is 258 g/mol. The number of benzene rings is 1. The lowest BCUT2D eigenvalue weighted by atomic mass is 10.0. The van der Waals surface area contributed by atoms with Crippen molar-refractivity contribution < 1.29 is 14.7 Å². The number of nitrogens with one attached hydrogen (secondary N) is 1. The van der Waals surface area contributed by atoms with Gasteiger partial charge >= 0.3 is 5.97 Å². The maximum absolute atomic E-state index is 11.3. The first kappa shape index (κ1) is 13.9. The summed E-state index contributed by atoms with van der Waals surface area (Å²) < 4.78 is 0. The number of hydrogen-bond acceptors (Lipinski definition) is 4. The lowest BCUT2D eigenvalue weighted by molar-refractivity contribution is -0.136. The molecule has 1 aromatic carbocycles. The summed E-state index contributed by atoms with van der Waals surface area (Å²) in [5.74, 6) is -0.924. The van der Waals surface area contributed by atoms with Crippen LogP contribution in [0.15, 0.2) is 18.2 Å². The Labute approximate surface area is 109 Å². The molecule has 0 aliphatic rings. The molecule has 1 rings (SSSR count). The molecule has 0 aliphatic carbocycles. The standard InChI is InChI=1S/C11H13NO3S2/c1-2-7-4-3-5-8(6-9(13)14)10(7)12-11(15)17-16/h3-5,16H,2,6H2,1H3,(H,12,15)(H,13,14). The Bertz CT molecular complexity index is 435. The highest BCUT2D eigenvalue weighted by atomic mass is 33.1. The third-order valence-corrected chi connectivity index (χ3v) is 3.03. The molecule has 4 nitrogen and oxygen atoms in total. The van der Waals surface area contributed by atoms with E-state index in [1.165, 1.54) is 0 Å². The van der Waals surface area contributed by atoms with E-state index in [0.717, 1.165) is 22.8 Å². The monoisotopic (exact) mass is 271 g/mol. The fourth-order valence-corrected chi connectivity index (χ4v) is 1.83. The van der Waals surface area contributed by atoms with Crippen LogP contribution in [0.25, 0.3) is 0 Å². The summed E-state index contributed by atoms with van der Waals surface area (Å²) in [5, 5.41) is 11.2. The molecule has 2 N–H and O–H groups in total. The van der Waals surface area contributed by atoms with Gasteiger partial charge in [0.05, 0.1) is 6.42 Å². The molecule has 0 saturated heterocycles. The SMILES string of the molecule is CCc1cccc(CC(=O)O)c1NC(=O)SS. The van der Waals surface area contributed by atoms with Crippen LogP contribution in [0.1, 0.15) is 18.1 Å². The van der Waals surface area contributed by atoms with Gasteiger partial charge in [-0.25, -0.2) is 0 Å². The molecule has 92 valence electrons. The van der Waals surface area contributed by atoms with Crippen LogP contribution in [0, 0.1) is 0 Å². The summed E-state index contributed by atoms with van der Waals surface area (Å²) in [4.78, 5) is 22.1. The maximum Gasteiger partial charge on any atom is 0.307 e. The first-order valence-electron chi connectivity index (χ1n) is 5.03. The number of aliphatic carboxylic acids is 1. The molecular formula is C11H13NO3S2. The molecule has 6 heteroatoms. The van der Waals surface area contributed by atoms with Crippen LogP contribution in [-0.2, 0) is 17.6 Å². The number of aryl methyl sites for hydroxylation is 1. The molecule has 0 fully saturated rings. The quantitative estimate of drug-likeness (QED) is 0.582. The molecule has 17 heavy (non-hydrogen) atoms. The zero-order valence-corrected chi connectivity index (χ0v) is 11.0. The largest absolute Gasteiger partial charge is 0.481 e. The number of amides is 1. The van der Waals surface area contributed by atoms with E-state index >= 15 is 0 Å². The lowest BCUT2D eigenvalue weighted by Gasteiger charge is -2.13. The smallest absolute Gasteiger partial charge is 0.307 e. The number of carbonyl (C=O) groups is 2. The minimum atomic E-state index is -0.924. The summed E-state index contributed by atoms with van der Waals surface area (Å²) in [6.07, 6.45) is 0.612. The van der Waals surface area contributed by atoms with Crippen LogP contribution in [0.5, 0.6) is 0 Å². The number of carboxylic acids is 1. The molecule has 0 saturated carbocycles. The highest BCUT2D eigenvalue weighted by Crippen LogP contribution is 2.24. The van der Waals surface area contributed by atoms with Crippen LogP contribution in [0.3, 0.4) is 0 Å². The van der Waals surface area contributed by atoms with E-state index < -0.39 is 5.97 Å². The Balaban J connectivity index is 3.10. The van der Waals surface area contributed by atoms with Crippen molar-refractivity contribution in [3.8, 4) is 0 Å². The third kappa shape index (κ3) is 3.98. The molecule has 0 spiro atoms. The van der Waals surface area contributed by atoms with Crippen LogP contribution in [-0.4, -0.2) is 16.3 Å². The fourth-order valence-electron chi connectivity index (χ4n) is 1.54. The zero-order valence-electron chi connectivity index (χ0n) is 9.27. The van der Waals surface area contributed by atoms with E-state index in [1.807, 2.05) is 13.0 Å². The molecule has 0 radical (unpaired) electrons. The molecule has 1 aromatic rings. The first-order valence-corrected chi connectivity index (χ1v) is 6.90. The second kappa shape index (κ2) is 6.56. The molecule has 0 heterocycles. The molecule has 0 unspecified atom stereocenters. The minimum absolute atomic E-state index is 0.110. The number of rotatable bonds is 4. The summed E-state index contributed by atoms with van der Waals surface area (Å²) in [6.45, 7) is 1.95. The minimum Gasteiger partial charge on any atom is -0.481 e. The van der Waals surface area contributed by atoms with Crippen molar-refractivity contribution in [1.29, 1.82) is 0 Å². The molecule has 0 aliphatic heterocycles. The van der Waals surface area contributed by atoms with E-state index in [1.54, 1.807) is 12.1 Å². The summed E-state index contributed by atoms with van der Waals surface area (Å²) >= 11 is 3.80. The van der Waals surface area contributed by atoms with Gasteiger partial charge in [0.1, 0.15) is 0 Å². The van der Waals surface area contributed by atoms with Crippen LogP contribution >= 0.6 is 22.5 Å². The highest BCUT2D eigenvalue weighted by Gasteiger charge is 2.12. The van der Waals surface area contributed by atoms with E-state index in [2.05, 4.69) is 17.0 Å². The van der Waals surface area contributed by atoms with Crippen molar-refractivity contribution in [2.75, 3.05) is 5.32 Å². The maximum atomic E-state index is 11.3. The number of carboxylic acid groups (broad SMARTS) is 1. The average Bonchev–Trinajstić information content (AvgIpc) is 2.30. The zero-order chi connectivity index (χ0) is 12.8. The van der Waals surface area contributed by atoms with Gasteiger partial charge in [0, 0.05) is 16.5 Å². The number of carbonyl (C=O) groups excluding carboxylic acids is 1. The van der Waals surface area contributed by atoms with E-state index in [9.17, 15) is 9.59 Å². The van der Waals surface area contributed by atoms with E-state index in [0.29, 0.717) is 11.3 Å². The van der Waals surface area contributed by atoms with Gasteiger partial charge < -0.3 is 10.4 Å². The van der Waals surface area contributed by atoms with Crippen molar-refractivity contribution in [1.82, 2.24) is 0 Å². The van der Waals surface area contributed by atoms with Crippen LogP contribution < -0.4 is 5.32 Å². The Morgan fingerprint density at radius 1 is 1.41 bits per heavy atom. The Kier molecular flexibility index (Phi) is 5.37. The first-order chi connectivity index (χ1) is 8.08. The van der Waals surface area contributed by atoms with Gasteiger partial charge in [0.15, 0.2) is 0 Å². The topological polar surface area (TPSA) is 66.4 Å². The van der Waals surface area contributed by atoms with E-state index in [4.69, 9.17) is 5.11 Å². The highest BCUT2D eigenvalue weighted by molar-refractivity contribution is 8.74.